The van der Waals surface area contributed by atoms with Gasteiger partial charge in [-0.2, -0.15) is 0 Å². The predicted octanol–water partition coefficient (Wildman–Crippen LogP) is 2.64. The van der Waals surface area contributed by atoms with Crippen molar-refractivity contribution in [2.45, 2.75) is 6.43 Å². The fourth-order valence-corrected chi connectivity index (χ4v) is 1.69. The van der Waals surface area contributed by atoms with E-state index in [1.807, 2.05) is 0 Å². The summed E-state index contributed by atoms with van der Waals surface area (Å²) >= 11 is 5.51. The van der Waals surface area contributed by atoms with Gasteiger partial charge in [-0.25, -0.2) is 8.78 Å². The highest BCUT2D eigenvalue weighted by molar-refractivity contribution is 6.18. The van der Waals surface area contributed by atoms with Crippen molar-refractivity contribution in [3.05, 3.63) is 29.8 Å². The summed E-state index contributed by atoms with van der Waals surface area (Å²) in [4.78, 5) is 13.1. The Morgan fingerprint density at radius 2 is 2.22 bits per heavy atom. The van der Waals surface area contributed by atoms with Crippen LogP contribution >= 0.6 is 11.6 Å². The zero-order chi connectivity index (χ0) is 13.5. The fraction of sp³-hybridized carbons (Fsp3) is 0.417. The van der Waals surface area contributed by atoms with E-state index in [9.17, 15) is 13.6 Å². The van der Waals surface area contributed by atoms with Crippen molar-refractivity contribution in [1.82, 2.24) is 4.90 Å². The van der Waals surface area contributed by atoms with E-state index in [-0.39, 0.29) is 12.4 Å². The van der Waals surface area contributed by atoms with Crippen molar-refractivity contribution in [3.8, 4) is 5.75 Å². The number of halogens is 3. The lowest BCUT2D eigenvalue weighted by atomic mass is 10.2. The number of ether oxygens (including phenoxy) is 1. The molecule has 0 heterocycles. The monoisotopic (exact) mass is 277 g/mol. The second-order valence-electron chi connectivity index (χ2n) is 3.56. The molecule has 0 spiro atoms. The maximum Gasteiger partial charge on any atom is 0.255 e. The molecule has 0 radical (unpaired) electrons. The van der Waals surface area contributed by atoms with Gasteiger partial charge in [-0.05, 0) is 18.2 Å². The number of methoxy groups -OCH3 is 1. The first-order chi connectivity index (χ1) is 8.58. The molecular formula is C12H14ClF2NO2. The average molecular weight is 278 g/mol. The summed E-state index contributed by atoms with van der Waals surface area (Å²) in [5, 5.41) is 0. The van der Waals surface area contributed by atoms with Gasteiger partial charge in [0.2, 0.25) is 0 Å². The van der Waals surface area contributed by atoms with Crippen LogP contribution in [0.3, 0.4) is 0 Å². The smallest absolute Gasteiger partial charge is 0.255 e. The van der Waals surface area contributed by atoms with Crippen LogP contribution in [0, 0.1) is 0 Å². The molecule has 6 heteroatoms. The third-order valence-corrected chi connectivity index (χ3v) is 2.49. The minimum atomic E-state index is -2.58. The van der Waals surface area contributed by atoms with Crippen LogP contribution in [0.2, 0.25) is 0 Å². The number of carbonyl (C=O) groups is 1. The van der Waals surface area contributed by atoms with E-state index < -0.39 is 18.9 Å². The molecule has 18 heavy (non-hydrogen) atoms. The number of nitrogens with zero attached hydrogens (tertiary/aromatic N) is 1. The van der Waals surface area contributed by atoms with Crippen LogP contribution < -0.4 is 4.74 Å². The molecule has 1 aromatic rings. The Balaban J connectivity index is 2.86. The Labute approximate surface area is 109 Å². The lowest BCUT2D eigenvalue weighted by molar-refractivity contribution is 0.0571. The summed E-state index contributed by atoms with van der Waals surface area (Å²) in [6, 6.07) is 6.37. The molecule has 0 aliphatic heterocycles. The molecule has 0 aliphatic carbocycles. The topological polar surface area (TPSA) is 29.5 Å². The second-order valence-corrected chi connectivity index (χ2v) is 3.94. The van der Waals surface area contributed by atoms with Gasteiger partial charge >= 0.3 is 0 Å². The largest absolute Gasteiger partial charge is 0.497 e. The Morgan fingerprint density at radius 1 is 1.50 bits per heavy atom. The van der Waals surface area contributed by atoms with Gasteiger partial charge in [0.1, 0.15) is 5.75 Å². The van der Waals surface area contributed by atoms with Gasteiger partial charge in [0.25, 0.3) is 12.3 Å². The van der Waals surface area contributed by atoms with Crippen LogP contribution in [-0.4, -0.2) is 43.3 Å². The SMILES string of the molecule is COc1cccc(C(=O)N(CCCl)CC(F)F)c1. The molecule has 1 aromatic carbocycles. The van der Waals surface area contributed by atoms with Crippen LogP contribution in [-0.2, 0) is 0 Å². The first kappa shape index (κ1) is 14.7. The average Bonchev–Trinajstić information content (AvgIpc) is 2.37. The molecular weight excluding hydrogens is 264 g/mol. The molecule has 0 saturated heterocycles. The summed E-state index contributed by atoms with van der Waals surface area (Å²) in [7, 11) is 1.47. The molecule has 0 unspecified atom stereocenters. The van der Waals surface area contributed by atoms with Crippen molar-refractivity contribution in [1.29, 1.82) is 0 Å². The first-order valence-corrected chi connectivity index (χ1v) is 5.89. The van der Waals surface area contributed by atoms with E-state index >= 15 is 0 Å². The van der Waals surface area contributed by atoms with Crippen molar-refractivity contribution in [3.63, 3.8) is 0 Å². The van der Waals surface area contributed by atoms with E-state index in [2.05, 4.69) is 0 Å². The Hall–Kier alpha value is -1.36. The van der Waals surface area contributed by atoms with E-state index in [1.165, 1.54) is 13.2 Å². The second kappa shape index (κ2) is 7.16. The lowest BCUT2D eigenvalue weighted by Gasteiger charge is -2.21. The van der Waals surface area contributed by atoms with E-state index in [0.717, 1.165) is 4.90 Å². The van der Waals surface area contributed by atoms with Crippen molar-refractivity contribution in [2.24, 2.45) is 0 Å². The quantitative estimate of drug-likeness (QED) is 0.748. The number of amides is 1. The highest BCUT2D eigenvalue weighted by atomic mass is 35.5. The molecule has 1 rings (SSSR count). The summed E-state index contributed by atoms with van der Waals surface area (Å²) in [6.07, 6.45) is -2.58. The minimum Gasteiger partial charge on any atom is -0.497 e. The van der Waals surface area contributed by atoms with Crippen molar-refractivity contribution < 1.29 is 18.3 Å². The molecule has 0 aliphatic rings. The number of carbonyl (C=O) groups excluding carboxylic acids is 1. The fourth-order valence-electron chi connectivity index (χ4n) is 1.48. The number of hydrogen-bond acceptors (Lipinski definition) is 2. The van der Waals surface area contributed by atoms with Gasteiger partial charge in [-0.1, -0.05) is 6.07 Å². The van der Waals surface area contributed by atoms with Crippen LogP contribution in [0.15, 0.2) is 24.3 Å². The third-order valence-electron chi connectivity index (χ3n) is 2.32. The molecule has 100 valence electrons. The molecule has 0 saturated carbocycles. The molecule has 0 aromatic heterocycles. The maximum absolute atomic E-state index is 12.4. The molecule has 0 atom stereocenters. The van der Waals surface area contributed by atoms with Gasteiger partial charge in [0.15, 0.2) is 0 Å². The Kier molecular flexibility index (Phi) is 5.85. The van der Waals surface area contributed by atoms with Crippen LogP contribution in [0.25, 0.3) is 0 Å². The minimum absolute atomic E-state index is 0.0853. The standard InChI is InChI=1S/C12H14ClF2NO2/c1-18-10-4-2-3-9(7-10)12(17)16(6-5-13)8-11(14)15/h2-4,7,11H,5-6,8H2,1H3. The predicted molar refractivity (Wildman–Crippen MR) is 65.6 cm³/mol. The molecule has 0 N–H and O–H groups in total. The first-order valence-electron chi connectivity index (χ1n) is 5.36. The third kappa shape index (κ3) is 4.14. The normalized spacial score (nSPS) is 10.5. The zero-order valence-corrected chi connectivity index (χ0v) is 10.7. The van der Waals surface area contributed by atoms with E-state index in [0.29, 0.717) is 11.3 Å². The van der Waals surface area contributed by atoms with Crippen molar-refractivity contribution in [2.75, 3.05) is 26.1 Å². The Morgan fingerprint density at radius 3 is 2.78 bits per heavy atom. The van der Waals surface area contributed by atoms with Crippen LogP contribution in [0.4, 0.5) is 8.78 Å². The van der Waals surface area contributed by atoms with E-state index in [1.54, 1.807) is 18.2 Å². The van der Waals surface area contributed by atoms with Gasteiger partial charge in [0, 0.05) is 18.0 Å². The molecule has 0 bridgehead atoms. The van der Waals surface area contributed by atoms with Gasteiger partial charge in [-0.3, -0.25) is 4.79 Å². The summed E-state index contributed by atoms with van der Waals surface area (Å²) in [5.41, 5.74) is 0.306. The maximum atomic E-state index is 12.4. The van der Waals surface area contributed by atoms with Gasteiger partial charge < -0.3 is 9.64 Å². The number of hydrogen-bond donors (Lipinski definition) is 0. The molecule has 3 nitrogen and oxygen atoms in total. The number of alkyl halides is 3. The Bertz CT molecular complexity index is 401. The van der Waals surface area contributed by atoms with Crippen LogP contribution in [0.1, 0.15) is 10.4 Å². The summed E-state index contributed by atoms with van der Waals surface area (Å²) in [5.74, 6) is 0.140. The van der Waals surface area contributed by atoms with E-state index in [4.69, 9.17) is 16.3 Å². The van der Waals surface area contributed by atoms with Crippen molar-refractivity contribution >= 4 is 17.5 Å². The van der Waals surface area contributed by atoms with Crippen LogP contribution in [0.5, 0.6) is 5.75 Å². The van der Waals surface area contributed by atoms with Gasteiger partial charge in [0.05, 0.1) is 13.7 Å². The lowest BCUT2D eigenvalue weighted by Crippen LogP contribution is -2.36. The highest BCUT2D eigenvalue weighted by Crippen LogP contribution is 2.15. The summed E-state index contributed by atoms with van der Waals surface area (Å²) in [6.45, 7) is -0.537. The summed E-state index contributed by atoms with van der Waals surface area (Å²) < 4.78 is 29.7. The zero-order valence-electron chi connectivity index (χ0n) is 9.91. The molecule has 1 amide bonds. The number of benzene rings is 1. The number of rotatable bonds is 6. The van der Waals surface area contributed by atoms with Gasteiger partial charge in [-0.15, -0.1) is 11.6 Å². The molecule has 0 fully saturated rings. The highest BCUT2D eigenvalue weighted by Gasteiger charge is 2.19.